The molecule has 0 spiro atoms. The Kier molecular flexibility index (Phi) is 9.75. The zero-order chi connectivity index (χ0) is 17.0. The standard InChI is InChI=1S/C22H38O2/c1-3-15-23-17-21-11-7-19(8-12-21)5-6-20-9-13-22(14-10-20)18-24-16-4-2/h3-4,19-22H,1-2,5-18H2. The van der Waals surface area contributed by atoms with Crippen LogP contribution in [0.1, 0.15) is 64.2 Å². The van der Waals surface area contributed by atoms with Crippen LogP contribution in [-0.4, -0.2) is 26.4 Å². The highest BCUT2D eigenvalue weighted by Gasteiger charge is 2.24. The molecule has 0 amide bonds. The molecule has 0 radical (unpaired) electrons. The Labute approximate surface area is 149 Å². The lowest BCUT2D eigenvalue weighted by Crippen LogP contribution is -2.21. The largest absolute Gasteiger partial charge is 0.377 e. The number of rotatable bonds is 11. The lowest BCUT2D eigenvalue weighted by Gasteiger charge is -2.31. The molecule has 0 heterocycles. The molecule has 0 atom stereocenters. The maximum Gasteiger partial charge on any atom is 0.0644 e. The summed E-state index contributed by atoms with van der Waals surface area (Å²) in [5.41, 5.74) is 0. The van der Waals surface area contributed by atoms with E-state index in [-0.39, 0.29) is 0 Å². The molecule has 0 aromatic heterocycles. The van der Waals surface area contributed by atoms with Gasteiger partial charge in [0, 0.05) is 13.2 Å². The van der Waals surface area contributed by atoms with Gasteiger partial charge >= 0.3 is 0 Å². The first-order valence-electron chi connectivity index (χ1n) is 10.2. The van der Waals surface area contributed by atoms with Crippen molar-refractivity contribution < 1.29 is 9.47 Å². The predicted octanol–water partition coefficient (Wildman–Crippen LogP) is 5.78. The van der Waals surface area contributed by atoms with Crippen molar-refractivity contribution in [1.29, 1.82) is 0 Å². The van der Waals surface area contributed by atoms with E-state index in [9.17, 15) is 0 Å². The van der Waals surface area contributed by atoms with Gasteiger partial charge in [-0.05, 0) is 49.4 Å². The summed E-state index contributed by atoms with van der Waals surface area (Å²) in [6.45, 7) is 10.7. The molecule has 24 heavy (non-hydrogen) atoms. The van der Waals surface area contributed by atoms with Gasteiger partial charge in [0.1, 0.15) is 0 Å². The summed E-state index contributed by atoms with van der Waals surface area (Å²) in [7, 11) is 0. The van der Waals surface area contributed by atoms with Crippen LogP contribution in [0.25, 0.3) is 0 Å². The van der Waals surface area contributed by atoms with Crippen molar-refractivity contribution in [3.8, 4) is 0 Å². The number of hydrogen-bond donors (Lipinski definition) is 0. The van der Waals surface area contributed by atoms with Crippen molar-refractivity contribution in [1.82, 2.24) is 0 Å². The third kappa shape index (κ3) is 7.53. The van der Waals surface area contributed by atoms with E-state index in [2.05, 4.69) is 13.2 Å². The Morgan fingerprint density at radius 3 is 1.25 bits per heavy atom. The second kappa shape index (κ2) is 11.9. The third-order valence-electron chi connectivity index (χ3n) is 6.09. The predicted molar refractivity (Wildman–Crippen MR) is 102 cm³/mol. The molecule has 2 nitrogen and oxygen atoms in total. The molecule has 0 unspecified atom stereocenters. The van der Waals surface area contributed by atoms with E-state index in [1.807, 2.05) is 12.2 Å². The van der Waals surface area contributed by atoms with Crippen molar-refractivity contribution in [2.24, 2.45) is 23.7 Å². The van der Waals surface area contributed by atoms with Gasteiger partial charge < -0.3 is 9.47 Å². The van der Waals surface area contributed by atoms with Crippen LogP contribution in [0.15, 0.2) is 25.3 Å². The highest BCUT2D eigenvalue weighted by Crippen LogP contribution is 2.36. The summed E-state index contributed by atoms with van der Waals surface area (Å²) in [5.74, 6) is 3.56. The fourth-order valence-corrected chi connectivity index (χ4v) is 4.48. The van der Waals surface area contributed by atoms with Crippen molar-refractivity contribution in [3.05, 3.63) is 25.3 Å². The van der Waals surface area contributed by atoms with Gasteiger partial charge in [0.15, 0.2) is 0 Å². The van der Waals surface area contributed by atoms with Gasteiger partial charge in [-0.15, -0.1) is 13.2 Å². The van der Waals surface area contributed by atoms with Gasteiger partial charge in [-0.2, -0.15) is 0 Å². The minimum absolute atomic E-state index is 0.710. The molecule has 2 aliphatic rings. The highest BCUT2D eigenvalue weighted by atomic mass is 16.5. The topological polar surface area (TPSA) is 18.5 Å². The maximum absolute atomic E-state index is 5.62. The molecule has 0 N–H and O–H groups in total. The molecule has 0 aromatic rings. The first kappa shape index (κ1) is 19.7. The first-order chi connectivity index (χ1) is 11.8. The molecule has 0 bridgehead atoms. The second-order valence-electron chi connectivity index (χ2n) is 8.00. The SMILES string of the molecule is C=CCOCC1CCC(CCC2CCC(COCC=C)CC2)CC1. The fraction of sp³-hybridized carbons (Fsp3) is 0.818. The van der Waals surface area contributed by atoms with Crippen molar-refractivity contribution in [2.75, 3.05) is 26.4 Å². The first-order valence-corrected chi connectivity index (χ1v) is 10.2. The fourth-order valence-electron chi connectivity index (χ4n) is 4.48. The van der Waals surface area contributed by atoms with Crippen molar-refractivity contribution in [2.45, 2.75) is 64.2 Å². The smallest absolute Gasteiger partial charge is 0.0644 e. The number of hydrogen-bond acceptors (Lipinski definition) is 2. The van der Waals surface area contributed by atoms with Gasteiger partial charge in [0.2, 0.25) is 0 Å². The molecular formula is C22H38O2. The molecule has 2 heteroatoms. The Bertz CT molecular complexity index is 302. The zero-order valence-corrected chi connectivity index (χ0v) is 15.6. The quantitative estimate of drug-likeness (QED) is 0.352. The van der Waals surface area contributed by atoms with Gasteiger partial charge in [0.05, 0.1) is 13.2 Å². The van der Waals surface area contributed by atoms with Crippen LogP contribution in [-0.2, 0) is 9.47 Å². The number of ether oxygens (including phenoxy) is 2. The van der Waals surface area contributed by atoms with Gasteiger partial charge in [-0.1, -0.05) is 50.7 Å². The summed E-state index contributed by atoms with van der Waals surface area (Å²) in [6.07, 6.45) is 17.8. The van der Waals surface area contributed by atoms with E-state index in [1.165, 1.54) is 64.2 Å². The van der Waals surface area contributed by atoms with Crippen LogP contribution >= 0.6 is 0 Å². The van der Waals surface area contributed by atoms with Crippen LogP contribution in [0, 0.1) is 23.7 Å². The van der Waals surface area contributed by atoms with E-state index in [4.69, 9.17) is 9.47 Å². The summed E-state index contributed by atoms with van der Waals surface area (Å²) >= 11 is 0. The molecule has 0 aromatic carbocycles. The third-order valence-corrected chi connectivity index (χ3v) is 6.09. The van der Waals surface area contributed by atoms with Crippen LogP contribution < -0.4 is 0 Å². The summed E-state index contributed by atoms with van der Waals surface area (Å²) in [6, 6.07) is 0. The van der Waals surface area contributed by atoms with Crippen LogP contribution in [0.4, 0.5) is 0 Å². The Hall–Kier alpha value is -0.600. The van der Waals surface area contributed by atoms with Crippen LogP contribution in [0.2, 0.25) is 0 Å². The van der Waals surface area contributed by atoms with Crippen LogP contribution in [0.5, 0.6) is 0 Å². The summed E-state index contributed by atoms with van der Waals surface area (Å²) in [5, 5.41) is 0. The summed E-state index contributed by atoms with van der Waals surface area (Å²) < 4.78 is 11.2. The average Bonchev–Trinajstić information content (AvgIpc) is 2.63. The maximum atomic E-state index is 5.62. The normalized spacial score (nSPS) is 30.8. The zero-order valence-electron chi connectivity index (χ0n) is 15.6. The van der Waals surface area contributed by atoms with Crippen molar-refractivity contribution in [3.63, 3.8) is 0 Å². The molecular weight excluding hydrogens is 296 g/mol. The lowest BCUT2D eigenvalue weighted by atomic mass is 9.76. The molecule has 2 fully saturated rings. The Morgan fingerprint density at radius 2 is 0.917 bits per heavy atom. The average molecular weight is 335 g/mol. The second-order valence-corrected chi connectivity index (χ2v) is 8.00. The van der Waals surface area contributed by atoms with Gasteiger partial charge in [-0.3, -0.25) is 0 Å². The molecule has 2 saturated carbocycles. The minimum Gasteiger partial charge on any atom is -0.377 e. The highest BCUT2D eigenvalue weighted by molar-refractivity contribution is 4.77. The molecule has 0 aliphatic heterocycles. The van der Waals surface area contributed by atoms with E-state index in [0.29, 0.717) is 13.2 Å². The summed E-state index contributed by atoms with van der Waals surface area (Å²) in [4.78, 5) is 0. The van der Waals surface area contributed by atoms with E-state index in [1.54, 1.807) is 0 Å². The minimum atomic E-state index is 0.710. The Morgan fingerprint density at radius 1 is 0.583 bits per heavy atom. The molecule has 0 saturated heterocycles. The van der Waals surface area contributed by atoms with E-state index in [0.717, 1.165) is 36.9 Å². The molecule has 2 rings (SSSR count). The van der Waals surface area contributed by atoms with Gasteiger partial charge in [-0.25, -0.2) is 0 Å². The van der Waals surface area contributed by atoms with E-state index >= 15 is 0 Å². The lowest BCUT2D eigenvalue weighted by molar-refractivity contribution is 0.0878. The Balaban J connectivity index is 1.51. The monoisotopic (exact) mass is 334 g/mol. The van der Waals surface area contributed by atoms with Crippen molar-refractivity contribution >= 4 is 0 Å². The van der Waals surface area contributed by atoms with E-state index < -0.39 is 0 Å². The van der Waals surface area contributed by atoms with Crippen LogP contribution in [0.3, 0.4) is 0 Å². The van der Waals surface area contributed by atoms with Gasteiger partial charge in [0.25, 0.3) is 0 Å². The molecule has 138 valence electrons. The molecule has 2 aliphatic carbocycles.